The van der Waals surface area contributed by atoms with E-state index in [1.54, 1.807) is 6.07 Å². The van der Waals surface area contributed by atoms with Crippen LogP contribution in [0.25, 0.3) is 0 Å². The van der Waals surface area contributed by atoms with Crippen molar-refractivity contribution in [2.24, 2.45) is 5.92 Å². The van der Waals surface area contributed by atoms with Crippen LogP contribution in [0.1, 0.15) is 30.1 Å². The normalized spacial score (nSPS) is 17.2. The summed E-state index contributed by atoms with van der Waals surface area (Å²) < 4.78 is 0. The summed E-state index contributed by atoms with van der Waals surface area (Å²) in [4.78, 5) is 15.2. The summed E-state index contributed by atoms with van der Waals surface area (Å²) in [6, 6.07) is 8.47. The number of nitrogens with zero attached hydrogens (tertiary/aromatic N) is 1. The second-order valence-electron chi connectivity index (χ2n) is 6.67. The molecule has 1 aliphatic heterocycles. The summed E-state index contributed by atoms with van der Waals surface area (Å²) in [5, 5.41) is 3.77. The number of hydrogen-bond donors (Lipinski definition) is 2. The van der Waals surface area contributed by atoms with E-state index in [2.05, 4.69) is 17.1 Å². The fraction of sp³-hybridized carbons (Fsp3) is 0.316. The number of carbonyl (C=O) groups excluding carboxylic acids is 1. The molecule has 4 nitrogen and oxygen atoms in total. The van der Waals surface area contributed by atoms with Crippen molar-refractivity contribution in [2.45, 2.75) is 19.8 Å². The van der Waals surface area contributed by atoms with Crippen molar-refractivity contribution in [1.29, 1.82) is 0 Å². The zero-order chi connectivity index (χ0) is 18.8. The first-order chi connectivity index (χ1) is 12.3. The Hall–Kier alpha value is -1.62. The van der Waals surface area contributed by atoms with Crippen molar-refractivity contribution in [2.75, 3.05) is 29.0 Å². The molecule has 2 aromatic carbocycles. The van der Waals surface area contributed by atoms with Gasteiger partial charge in [0.25, 0.3) is 5.91 Å². The maximum absolute atomic E-state index is 13.0. The standard InChI is InChI=1S/C19H20Cl3N3O/c1-11-3-2-6-25(10-11)17-5-4-13(23)9-14(17)19(26)24-18-15(21)7-12(20)8-16(18)22/h4-5,7-9,11H,2-3,6,10,23H2,1H3,(H,24,26)/t11-/m1/s1. The third-order valence-electron chi connectivity index (χ3n) is 4.51. The first kappa shape index (κ1) is 19.2. The van der Waals surface area contributed by atoms with Gasteiger partial charge in [0.15, 0.2) is 0 Å². The van der Waals surface area contributed by atoms with E-state index in [4.69, 9.17) is 40.5 Å². The van der Waals surface area contributed by atoms with Crippen molar-refractivity contribution in [1.82, 2.24) is 0 Å². The van der Waals surface area contributed by atoms with E-state index in [0.717, 1.165) is 25.2 Å². The monoisotopic (exact) mass is 411 g/mol. The van der Waals surface area contributed by atoms with Crippen LogP contribution in [0.15, 0.2) is 30.3 Å². The van der Waals surface area contributed by atoms with E-state index in [0.29, 0.717) is 27.9 Å². The van der Waals surface area contributed by atoms with E-state index in [1.165, 1.54) is 18.6 Å². The molecule has 2 aromatic rings. The summed E-state index contributed by atoms with van der Waals surface area (Å²) >= 11 is 18.3. The lowest BCUT2D eigenvalue weighted by atomic mass is 9.98. The molecule has 1 fully saturated rings. The Balaban J connectivity index is 1.93. The Kier molecular flexibility index (Phi) is 5.86. The number of rotatable bonds is 3. The molecule has 1 atom stereocenters. The highest BCUT2D eigenvalue weighted by atomic mass is 35.5. The molecule has 0 bridgehead atoms. The summed E-state index contributed by atoms with van der Waals surface area (Å²) in [6.45, 7) is 4.04. The quantitative estimate of drug-likeness (QED) is 0.634. The number of halogens is 3. The molecule has 0 aliphatic carbocycles. The highest BCUT2D eigenvalue weighted by molar-refractivity contribution is 6.42. The largest absolute Gasteiger partial charge is 0.399 e. The highest BCUT2D eigenvalue weighted by Gasteiger charge is 2.23. The Bertz CT molecular complexity index is 818. The number of benzene rings is 2. The molecule has 0 aromatic heterocycles. The second kappa shape index (κ2) is 7.95. The van der Waals surface area contributed by atoms with Crippen LogP contribution in [-0.2, 0) is 0 Å². The minimum atomic E-state index is -0.309. The molecule has 0 unspecified atom stereocenters. The summed E-state index contributed by atoms with van der Waals surface area (Å²) in [6.07, 6.45) is 2.30. The smallest absolute Gasteiger partial charge is 0.257 e. The number of anilines is 3. The van der Waals surface area contributed by atoms with Gasteiger partial charge in [-0.3, -0.25) is 4.79 Å². The third-order valence-corrected chi connectivity index (χ3v) is 5.32. The number of carbonyl (C=O) groups is 1. The predicted molar refractivity (Wildman–Crippen MR) is 111 cm³/mol. The molecular weight excluding hydrogens is 393 g/mol. The minimum Gasteiger partial charge on any atom is -0.399 e. The molecular formula is C19H20Cl3N3O. The molecule has 7 heteroatoms. The van der Waals surface area contributed by atoms with Crippen LogP contribution in [0.4, 0.5) is 17.1 Å². The average Bonchev–Trinajstić information content (AvgIpc) is 2.57. The lowest BCUT2D eigenvalue weighted by Gasteiger charge is -2.34. The number of nitrogens with one attached hydrogen (secondary N) is 1. The number of nitrogen functional groups attached to an aromatic ring is 1. The van der Waals surface area contributed by atoms with Crippen molar-refractivity contribution < 1.29 is 4.79 Å². The molecule has 0 spiro atoms. The molecule has 3 rings (SSSR count). The van der Waals surface area contributed by atoms with E-state index < -0.39 is 0 Å². The molecule has 3 N–H and O–H groups in total. The molecule has 0 radical (unpaired) electrons. The molecule has 26 heavy (non-hydrogen) atoms. The van der Waals surface area contributed by atoms with Crippen LogP contribution in [0.5, 0.6) is 0 Å². The van der Waals surface area contributed by atoms with Gasteiger partial charge in [0.05, 0.1) is 21.3 Å². The topological polar surface area (TPSA) is 58.4 Å². The number of piperidine rings is 1. The highest BCUT2D eigenvalue weighted by Crippen LogP contribution is 2.35. The summed E-state index contributed by atoms with van der Waals surface area (Å²) in [5.41, 5.74) is 8.15. The van der Waals surface area contributed by atoms with E-state index >= 15 is 0 Å². The molecule has 1 amide bonds. The maximum atomic E-state index is 13.0. The van der Waals surface area contributed by atoms with Gasteiger partial charge in [-0.05, 0) is 49.1 Å². The zero-order valence-electron chi connectivity index (χ0n) is 14.4. The fourth-order valence-electron chi connectivity index (χ4n) is 3.26. The Morgan fingerprint density at radius 3 is 2.54 bits per heavy atom. The third kappa shape index (κ3) is 4.20. The van der Waals surface area contributed by atoms with Gasteiger partial charge in [-0.25, -0.2) is 0 Å². The Morgan fingerprint density at radius 1 is 1.19 bits per heavy atom. The van der Waals surface area contributed by atoms with Gasteiger partial charge in [-0.1, -0.05) is 41.7 Å². The van der Waals surface area contributed by atoms with E-state index in [9.17, 15) is 4.79 Å². The van der Waals surface area contributed by atoms with Gasteiger partial charge in [-0.15, -0.1) is 0 Å². The number of nitrogens with two attached hydrogens (primary N) is 1. The predicted octanol–water partition coefficient (Wildman–Crippen LogP) is 5.72. The van der Waals surface area contributed by atoms with Crippen LogP contribution < -0.4 is 16.0 Å². The van der Waals surface area contributed by atoms with Crippen molar-refractivity contribution in [3.8, 4) is 0 Å². The summed E-state index contributed by atoms with van der Waals surface area (Å²) in [7, 11) is 0. The zero-order valence-corrected chi connectivity index (χ0v) is 16.6. The average molecular weight is 413 g/mol. The van der Waals surface area contributed by atoms with E-state index in [1.807, 2.05) is 12.1 Å². The first-order valence-corrected chi connectivity index (χ1v) is 9.59. The van der Waals surface area contributed by atoms with Gasteiger partial charge in [-0.2, -0.15) is 0 Å². The van der Waals surface area contributed by atoms with Crippen LogP contribution in [0, 0.1) is 5.92 Å². The van der Waals surface area contributed by atoms with Crippen LogP contribution in [0.3, 0.4) is 0 Å². The van der Waals surface area contributed by atoms with Crippen LogP contribution >= 0.6 is 34.8 Å². The molecule has 1 aliphatic rings. The lowest BCUT2D eigenvalue weighted by Crippen LogP contribution is -2.35. The minimum absolute atomic E-state index is 0.285. The SMILES string of the molecule is C[C@@H]1CCCN(c2ccc(N)cc2C(=O)Nc2c(Cl)cc(Cl)cc2Cl)C1. The molecule has 1 saturated heterocycles. The van der Waals surface area contributed by atoms with Crippen molar-refractivity contribution in [3.63, 3.8) is 0 Å². The maximum Gasteiger partial charge on any atom is 0.257 e. The molecule has 138 valence electrons. The van der Waals surface area contributed by atoms with Crippen molar-refractivity contribution >= 4 is 57.8 Å². The number of hydrogen-bond acceptors (Lipinski definition) is 3. The summed E-state index contributed by atoms with van der Waals surface area (Å²) in [5.74, 6) is 0.272. The van der Waals surface area contributed by atoms with E-state index in [-0.39, 0.29) is 16.0 Å². The fourth-order valence-corrected chi connectivity index (χ4v) is 4.17. The molecule has 1 heterocycles. The first-order valence-electron chi connectivity index (χ1n) is 8.45. The van der Waals surface area contributed by atoms with Crippen LogP contribution in [0.2, 0.25) is 15.1 Å². The Labute approximate surface area is 168 Å². The van der Waals surface area contributed by atoms with Gasteiger partial charge in [0.2, 0.25) is 0 Å². The molecule has 0 saturated carbocycles. The van der Waals surface area contributed by atoms with Gasteiger partial charge < -0.3 is 16.0 Å². The van der Waals surface area contributed by atoms with Gasteiger partial charge in [0.1, 0.15) is 0 Å². The van der Waals surface area contributed by atoms with Crippen LogP contribution in [-0.4, -0.2) is 19.0 Å². The van der Waals surface area contributed by atoms with Gasteiger partial charge >= 0.3 is 0 Å². The lowest BCUT2D eigenvalue weighted by molar-refractivity contribution is 0.102. The second-order valence-corrected chi connectivity index (χ2v) is 7.92. The van der Waals surface area contributed by atoms with Crippen molar-refractivity contribution in [3.05, 3.63) is 51.0 Å². The van der Waals surface area contributed by atoms with Gasteiger partial charge in [0, 0.05) is 29.5 Å². The Morgan fingerprint density at radius 2 is 1.88 bits per heavy atom. The number of amides is 1.